The lowest BCUT2D eigenvalue weighted by Crippen LogP contribution is -2.38. The summed E-state index contributed by atoms with van der Waals surface area (Å²) in [6, 6.07) is 13.9. The number of hydrogen-bond donors (Lipinski definition) is 1. The molecule has 152 valence electrons. The summed E-state index contributed by atoms with van der Waals surface area (Å²) < 4.78 is 20.3. The Morgan fingerprint density at radius 3 is 2.52 bits per heavy atom. The minimum atomic E-state index is -1.47. The third-order valence-electron chi connectivity index (χ3n) is 5.55. The predicted octanol–water partition coefficient (Wildman–Crippen LogP) is 3.73. The molecule has 4 rings (SSSR count). The van der Waals surface area contributed by atoms with Crippen molar-refractivity contribution in [3.63, 3.8) is 0 Å². The molecule has 2 aromatic rings. The second-order valence-electron chi connectivity index (χ2n) is 7.77. The van der Waals surface area contributed by atoms with Crippen LogP contribution in [0, 0.1) is 19.8 Å². The number of piperidine rings is 1. The Morgan fingerprint density at radius 2 is 1.86 bits per heavy atom. The van der Waals surface area contributed by atoms with E-state index in [1.54, 1.807) is 0 Å². The van der Waals surface area contributed by atoms with Gasteiger partial charge in [0, 0.05) is 30.8 Å². The molecule has 0 saturated carbocycles. The number of carbonyl (C=O) groups is 1. The van der Waals surface area contributed by atoms with Gasteiger partial charge in [0.25, 0.3) is 5.91 Å². The van der Waals surface area contributed by atoms with Crippen molar-refractivity contribution in [3.8, 4) is 5.75 Å². The van der Waals surface area contributed by atoms with E-state index in [-0.39, 0.29) is 5.91 Å². The van der Waals surface area contributed by atoms with E-state index in [0.717, 1.165) is 24.4 Å². The van der Waals surface area contributed by atoms with Gasteiger partial charge in [-0.1, -0.05) is 30.3 Å². The molecule has 0 spiro atoms. The third kappa shape index (κ3) is 4.37. The standard InChI is InChI=1S/C23H26N2O3S/c1-16-5-3-6-17(2)23(16)25-12-4-7-18(14-25)15-28-20-10-8-19(9-11-20)21-13-22(26)24-29(21)27/h3,5-6,8-11,13,18H,4,7,12,14-15H2,1-2H3,(H,24,26)/t18-,29?/m1/s1. The van der Waals surface area contributed by atoms with Crippen molar-refractivity contribution in [2.75, 3.05) is 24.6 Å². The van der Waals surface area contributed by atoms with Crippen molar-refractivity contribution in [2.45, 2.75) is 26.7 Å². The molecule has 2 atom stereocenters. The van der Waals surface area contributed by atoms with Crippen molar-refractivity contribution < 1.29 is 13.7 Å². The highest BCUT2D eigenvalue weighted by molar-refractivity contribution is 7.93. The quantitative estimate of drug-likeness (QED) is 0.816. The molecular weight excluding hydrogens is 384 g/mol. The number of anilines is 1. The second-order valence-corrected chi connectivity index (χ2v) is 8.96. The lowest BCUT2D eigenvalue weighted by molar-refractivity contribution is -0.114. The Labute approximate surface area is 174 Å². The molecule has 0 aliphatic carbocycles. The average Bonchev–Trinajstić information content (AvgIpc) is 3.05. The van der Waals surface area contributed by atoms with Crippen LogP contribution < -0.4 is 14.4 Å². The highest BCUT2D eigenvalue weighted by atomic mass is 32.2. The highest BCUT2D eigenvalue weighted by Gasteiger charge is 2.23. The van der Waals surface area contributed by atoms with Gasteiger partial charge in [-0.3, -0.25) is 9.52 Å². The molecule has 2 heterocycles. The van der Waals surface area contributed by atoms with Crippen LogP contribution in [-0.4, -0.2) is 29.8 Å². The largest absolute Gasteiger partial charge is 0.493 e. The molecule has 0 bridgehead atoms. The first-order chi connectivity index (χ1) is 14.0. The molecule has 1 saturated heterocycles. The maximum absolute atomic E-state index is 11.9. The molecule has 2 aliphatic heterocycles. The Kier molecular flexibility index (Phi) is 5.72. The maximum Gasteiger partial charge on any atom is 0.257 e. The second kappa shape index (κ2) is 8.41. The van der Waals surface area contributed by atoms with Gasteiger partial charge in [0.2, 0.25) is 0 Å². The van der Waals surface area contributed by atoms with Crippen molar-refractivity contribution >= 4 is 27.5 Å². The minimum Gasteiger partial charge on any atom is -0.493 e. The number of aryl methyl sites for hydroxylation is 2. The van der Waals surface area contributed by atoms with Crippen LogP contribution in [-0.2, 0) is 15.8 Å². The molecule has 1 fully saturated rings. The Bertz CT molecular complexity index is 948. The molecular formula is C23H26N2O3S. The van der Waals surface area contributed by atoms with Crippen LogP contribution in [0.3, 0.4) is 0 Å². The zero-order valence-electron chi connectivity index (χ0n) is 16.8. The third-order valence-corrected chi connectivity index (χ3v) is 6.69. The fourth-order valence-corrected chi connectivity index (χ4v) is 5.09. The summed E-state index contributed by atoms with van der Waals surface area (Å²) in [6.07, 6.45) is 3.72. The van der Waals surface area contributed by atoms with Crippen molar-refractivity contribution in [3.05, 3.63) is 65.2 Å². The summed E-state index contributed by atoms with van der Waals surface area (Å²) in [7, 11) is -1.47. The van der Waals surface area contributed by atoms with E-state index >= 15 is 0 Å². The van der Waals surface area contributed by atoms with Gasteiger partial charge < -0.3 is 9.64 Å². The molecule has 2 aromatic carbocycles. The number of rotatable bonds is 5. The molecule has 29 heavy (non-hydrogen) atoms. The first-order valence-electron chi connectivity index (χ1n) is 10.00. The van der Waals surface area contributed by atoms with Crippen molar-refractivity contribution in [2.24, 2.45) is 5.92 Å². The number of ether oxygens (including phenoxy) is 1. The van der Waals surface area contributed by atoms with Gasteiger partial charge in [-0.15, -0.1) is 0 Å². The van der Waals surface area contributed by atoms with Gasteiger partial charge in [-0.05, 0) is 55.5 Å². The van der Waals surface area contributed by atoms with E-state index < -0.39 is 11.0 Å². The Morgan fingerprint density at radius 1 is 1.14 bits per heavy atom. The monoisotopic (exact) mass is 410 g/mol. The number of nitrogens with one attached hydrogen (secondary N) is 1. The summed E-state index contributed by atoms with van der Waals surface area (Å²) >= 11 is 0. The normalized spacial score (nSPS) is 21.7. The molecule has 2 aliphatic rings. The van der Waals surface area contributed by atoms with Gasteiger partial charge in [-0.25, -0.2) is 4.21 Å². The number of nitrogens with zero attached hydrogens (tertiary/aromatic N) is 1. The minimum absolute atomic E-state index is 0.315. The Balaban J connectivity index is 1.37. The summed E-state index contributed by atoms with van der Waals surface area (Å²) in [4.78, 5) is 14.4. The Hall–Kier alpha value is -2.60. The number of para-hydroxylation sites is 1. The van der Waals surface area contributed by atoms with Crippen molar-refractivity contribution in [1.82, 2.24) is 4.72 Å². The molecule has 0 radical (unpaired) electrons. The van der Waals surface area contributed by atoms with E-state index in [4.69, 9.17) is 4.74 Å². The highest BCUT2D eigenvalue weighted by Crippen LogP contribution is 2.30. The summed E-state index contributed by atoms with van der Waals surface area (Å²) in [6.45, 7) is 7.13. The molecule has 1 unspecified atom stereocenters. The summed E-state index contributed by atoms with van der Waals surface area (Å²) in [5, 5.41) is 0. The van der Waals surface area contributed by atoms with E-state index in [2.05, 4.69) is 41.7 Å². The molecule has 6 heteroatoms. The van der Waals surface area contributed by atoms with Gasteiger partial charge in [0.05, 0.1) is 11.5 Å². The number of carbonyl (C=O) groups excluding carboxylic acids is 1. The van der Waals surface area contributed by atoms with E-state index in [1.807, 2.05) is 24.3 Å². The number of amides is 1. The van der Waals surface area contributed by atoms with E-state index in [0.29, 0.717) is 17.4 Å². The lowest BCUT2D eigenvalue weighted by Gasteiger charge is -2.36. The molecule has 1 amide bonds. The summed E-state index contributed by atoms with van der Waals surface area (Å²) in [5.74, 6) is 0.959. The SMILES string of the molecule is Cc1cccc(C)c1N1CCC[C@@H](COc2ccc(C3=CC(=O)NS3=O)cc2)C1. The van der Waals surface area contributed by atoms with Crippen LogP contribution >= 0.6 is 0 Å². The van der Waals surface area contributed by atoms with Crippen LogP contribution in [0.15, 0.2) is 48.5 Å². The van der Waals surface area contributed by atoms with Gasteiger partial charge in [0.1, 0.15) is 5.75 Å². The molecule has 5 nitrogen and oxygen atoms in total. The maximum atomic E-state index is 11.9. The fraction of sp³-hybridized carbons (Fsp3) is 0.348. The van der Waals surface area contributed by atoms with Crippen LogP contribution in [0.2, 0.25) is 0 Å². The number of benzene rings is 2. The molecule has 1 N–H and O–H groups in total. The smallest absolute Gasteiger partial charge is 0.257 e. The zero-order chi connectivity index (χ0) is 20.4. The van der Waals surface area contributed by atoms with E-state index in [1.165, 1.54) is 35.7 Å². The van der Waals surface area contributed by atoms with Crippen LogP contribution in [0.4, 0.5) is 5.69 Å². The lowest BCUT2D eigenvalue weighted by atomic mass is 9.96. The van der Waals surface area contributed by atoms with Crippen LogP contribution in [0.5, 0.6) is 5.75 Å². The molecule has 0 aromatic heterocycles. The van der Waals surface area contributed by atoms with Gasteiger partial charge >= 0.3 is 0 Å². The van der Waals surface area contributed by atoms with Gasteiger partial charge in [-0.2, -0.15) is 0 Å². The fourth-order valence-electron chi connectivity index (χ4n) is 4.18. The summed E-state index contributed by atoms with van der Waals surface area (Å²) in [5.41, 5.74) is 4.79. The zero-order valence-corrected chi connectivity index (χ0v) is 17.6. The van der Waals surface area contributed by atoms with Gasteiger partial charge in [0.15, 0.2) is 11.0 Å². The van der Waals surface area contributed by atoms with Crippen molar-refractivity contribution in [1.29, 1.82) is 0 Å². The van der Waals surface area contributed by atoms with Crippen LogP contribution in [0.1, 0.15) is 29.5 Å². The number of hydrogen-bond acceptors (Lipinski definition) is 4. The van der Waals surface area contributed by atoms with Crippen LogP contribution in [0.25, 0.3) is 4.91 Å². The first kappa shape index (κ1) is 19.7. The topological polar surface area (TPSA) is 58.6 Å². The average molecular weight is 411 g/mol. The van der Waals surface area contributed by atoms with E-state index in [9.17, 15) is 9.00 Å². The predicted molar refractivity (Wildman–Crippen MR) is 117 cm³/mol. The first-order valence-corrected chi connectivity index (χ1v) is 11.1.